The molecule has 0 N–H and O–H groups in total. The number of aromatic nitrogens is 2. The highest BCUT2D eigenvalue weighted by Crippen LogP contribution is 2.23. The zero-order valence-corrected chi connectivity index (χ0v) is 15.3. The molecule has 2 heterocycles. The van der Waals surface area contributed by atoms with Crippen molar-refractivity contribution < 1.29 is 14.1 Å². The molecular weight excluding hydrogens is 318 g/mol. The van der Waals surface area contributed by atoms with Crippen molar-refractivity contribution in [3.05, 3.63) is 23.9 Å². The van der Waals surface area contributed by atoms with Gasteiger partial charge in [0.1, 0.15) is 0 Å². The number of piperidine rings is 1. The van der Waals surface area contributed by atoms with Gasteiger partial charge in [-0.05, 0) is 31.6 Å². The average molecular weight is 347 g/mol. The molecule has 0 aromatic carbocycles. The normalized spacial score (nSPS) is 21.4. The van der Waals surface area contributed by atoms with E-state index in [0.29, 0.717) is 37.2 Å². The van der Waals surface area contributed by atoms with Crippen LogP contribution in [0, 0.1) is 11.8 Å². The summed E-state index contributed by atoms with van der Waals surface area (Å²) in [5, 5.41) is 4.01. The number of amides is 1. The first-order valence-electron chi connectivity index (χ1n) is 9.48. The van der Waals surface area contributed by atoms with Gasteiger partial charge in [-0.1, -0.05) is 31.2 Å². The molecule has 0 spiro atoms. The van der Waals surface area contributed by atoms with E-state index >= 15 is 0 Å². The predicted molar refractivity (Wildman–Crippen MR) is 94.0 cm³/mol. The SMILES string of the molecule is CC(C)Cc1nc(CCOC2CCCN(C(=O)C3CC=CC3)C2)no1. The minimum Gasteiger partial charge on any atom is -0.376 e. The van der Waals surface area contributed by atoms with Gasteiger partial charge in [-0.2, -0.15) is 4.98 Å². The summed E-state index contributed by atoms with van der Waals surface area (Å²) in [6.07, 6.45) is 9.60. The molecule has 1 aliphatic heterocycles. The van der Waals surface area contributed by atoms with Crippen LogP contribution in [-0.2, 0) is 22.4 Å². The summed E-state index contributed by atoms with van der Waals surface area (Å²) in [5.41, 5.74) is 0. The van der Waals surface area contributed by atoms with Gasteiger partial charge in [0.25, 0.3) is 0 Å². The van der Waals surface area contributed by atoms with Crippen LogP contribution in [0.15, 0.2) is 16.7 Å². The lowest BCUT2D eigenvalue weighted by Gasteiger charge is -2.34. The van der Waals surface area contributed by atoms with Crippen LogP contribution in [-0.4, -0.2) is 46.7 Å². The Morgan fingerprint density at radius 2 is 2.20 bits per heavy atom. The van der Waals surface area contributed by atoms with Crippen molar-refractivity contribution >= 4 is 5.91 Å². The van der Waals surface area contributed by atoms with Crippen LogP contribution >= 0.6 is 0 Å². The third-order valence-corrected chi connectivity index (χ3v) is 4.82. The molecule has 1 atom stereocenters. The van der Waals surface area contributed by atoms with Gasteiger partial charge in [0.2, 0.25) is 11.8 Å². The van der Waals surface area contributed by atoms with E-state index in [2.05, 4.69) is 36.1 Å². The van der Waals surface area contributed by atoms with Crippen LogP contribution in [0.2, 0.25) is 0 Å². The van der Waals surface area contributed by atoms with Crippen molar-refractivity contribution in [1.82, 2.24) is 15.0 Å². The Kier molecular flexibility index (Phi) is 6.24. The molecule has 1 aliphatic carbocycles. The Labute approximate surface area is 149 Å². The molecule has 138 valence electrons. The molecule has 1 unspecified atom stereocenters. The molecule has 25 heavy (non-hydrogen) atoms. The average Bonchev–Trinajstić information content (AvgIpc) is 3.26. The number of likely N-dealkylation sites (tertiary alicyclic amines) is 1. The summed E-state index contributed by atoms with van der Waals surface area (Å²) in [7, 11) is 0. The summed E-state index contributed by atoms with van der Waals surface area (Å²) in [6.45, 7) is 6.40. The van der Waals surface area contributed by atoms with Gasteiger partial charge in [-0.3, -0.25) is 4.79 Å². The Bertz CT molecular complexity index is 588. The van der Waals surface area contributed by atoms with E-state index in [-0.39, 0.29) is 17.9 Å². The number of nitrogens with zero attached hydrogens (tertiary/aromatic N) is 3. The second-order valence-electron chi connectivity index (χ2n) is 7.51. The summed E-state index contributed by atoms with van der Waals surface area (Å²) in [5.74, 6) is 2.35. The summed E-state index contributed by atoms with van der Waals surface area (Å²) >= 11 is 0. The van der Waals surface area contributed by atoms with Crippen LogP contribution in [0.1, 0.15) is 51.2 Å². The maximum Gasteiger partial charge on any atom is 0.226 e. The second kappa shape index (κ2) is 8.61. The highest BCUT2D eigenvalue weighted by atomic mass is 16.5. The first-order valence-corrected chi connectivity index (χ1v) is 9.48. The second-order valence-corrected chi connectivity index (χ2v) is 7.51. The Morgan fingerprint density at radius 3 is 2.96 bits per heavy atom. The summed E-state index contributed by atoms with van der Waals surface area (Å²) in [4.78, 5) is 18.9. The fourth-order valence-electron chi connectivity index (χ4n) is 3.49. The lowest BCUT2D eigenvalue weighted by molar-refractivity contribution is -0.139. The number of allylic oxidation sites excluding steroid dienone is 2. The molecule has 1 aromatic rings. The number of hydrogen-bond acceptors (Lipinski definition) is 5. The number of carbonyl (C=O) groups is 1. The van der Waals surface area contributed by atoms with Crippen molar-refractivity contribution in [2.75, 3.05) is 19.7 Å². The van der Waals surface area contributed by atoms with Gasteiger partial charge >= 0.3 is 0 Å². The number of rotatable bonds is 7. The van der Waals surface area contributed by atoms with Crippen LogP contribution in [0.3, 0.4) is 0 Å². The highest BCUT2D eigenvalue weighted by Gasteiger charge is 2.29. The maximum absolute atomic E-state index is 12.5. The van der Waals surface area contributed by atoms with Gasteiger partial charge in [-0.25, -0.2) is 0 Å². The minimum absolute atomic E-state index is 0.120. The van der Waals surface area contributed by atoms with E-state index in [1.165, 1.54) is 0 Å². The molecule has 0 bridgehead atoms. The summed E-state index contributed by atoms with van der Waals surface area (Å²) in [6, 6.07) is 0. The molecule has 0 radical (unpaired) electrons. The van der Waals surface area contributed by atoms with Crippen molar-refractivity contribution in [1.29, 1.82) is 0 Å². The maximum atomic E-state index is 12.5. The first kappa shape index (κ1) is 18.1. The van der Waals surface area contributed by atoms with E-state index in [9.17, 15) is 4.79 Å². The Morgan fingerprint density at radius 1 is 1.40 bits per heavy atom. The van der Waals surface area contributed by atoms with Gasteiger partial charge in [0.15, 0.2) is 5.82 Å². The predicted octanol–water partition coefficient (Wildman–Crippen LogP) is 2.78. The Hall–Kier alpha value is -1.69. The zero-order valence-electron chi connectivity index (χ0n) is 15.3. The van der Waals surface area contributed by atoms with Crippen molar-refractivity contribution in [3.63, 3.8) is 0 Å². The third-order valence-electron chi connectivity index (χ3n) is 4.82. The molecule has 6 nitrogen and oxygen atoms in total. The highest BCUT2D eigenvalue weighted by molar-refractivity contribution is 5.79. The van der Waals surface area contributed by atoms with Crippen molar-refractivity contribution in [3.8, 4) is 0 Å². The lowest BCUT2D eigenvalue weighted by atomic mass is 10.0. The largest absolute Gasteiger partial charge is 0.376 e. The van der Waals surface area contributed by atoms with Crippen LogP contribution < -0.4 is 0 Å². The van der Waals surface area contributed by atoms with E-state index in [0.717, 1.165) is 38.6 Å². The molecular formula is C19H29N3O3. The topological polar surface area (TPSA) is 68.5 Å². The van der Waals surface area contributed by atoms with E-state index in [4.69, 9.17) is 9.26 Å². The van der Waals surface area contributed by atoms with Gasteiger partial charge in [0.05, 0.1) is 12.7 Å². The molecule has 1 saturated heterocycles. The smallest absolute Gasteiger partial charge is 0.226 e. The molecule has 2 aliphatic rings. The van der Waals surface area contributed by atoms with Gasteiger partial charge in [-0.15, -0.1) is 0 Å². The molecule has 6 heteroatoms. The molecule has 0 saturated carbocycles. The Balaban J connectivity index is 1.40. The fourth-order valence-corrected chi connectivity index (χ4v) is 3.49. The van der Waals surface area contributed by atoms with E-state index in [1.54, 1.807) is 0 Å². The zero-order chi connectivity index (χ0) is 17.6. The van der Waals surface area contributed by atoms with E-state index in [1.807, 2.05) is 4.90 Å². The van der Waals surface area contributed by atoms with Crippen molar-refractivity contribution in [2.24, 2.45) is 11.8 Å². The van der Waals surface area contributed by atoms with E-state index < -0.39 is 0 Å². The monoisotopic (exact) mass is 347 g/mol. The van der Waals surface area contributed by atoms with Crippen LogP contribution in [0.25, 0.3) is 0 Å². The molecule has 3 rings (SSSR count). The first-order chi connectivity index (χ1) is 12.1. The van der Waals surface area contributed by atoms with Crippen molar-refractivity contribution in [2.45, 2.75) is 58.5 Å². The standard InChI is InChI=1S/C19H29N3O3/c1-14(2)12-18-20-17(21-25-18)9-11-24-16-8-5-10-22(13-16)19(23)15-6-3-4-7-15/h3-4,14-16H,5-13H2,1-2H3. The fraction of sp³-hybridized carbons (Fsp3) is 0.737. The third kappa shape index (κ3) is 5.14. The number of hydrogen-bond donors (Lipinski definition) is 0. The lowest BCUT2D eigenvalue weighted by Crippen LogP contribution is -2.45. The van der Waals surface area contributed by atoms with Crippen LogP contribution in [0.5, 0.6) is 0 Å². The molecule has 1 amide bonds. The minimum atomic E-state index is 0.120. The molecule has 1 fully saturated rings. The number of carbonyl (C=O) groups excluding carboxylic acids is 1. The quantitative estimate of drug-likeness (QED) is 0.710. The number of ether oxygens (including phenoxy) is 1. The summed E-state index contributed by atoms with van der Waals surface area (Å²) < 4.78 is 11.2. The van der Waals surface area contributed by atoms with Crippen LogP contribution in [0.4, 0.5) is 0 Å². The molecule has 1 aromatic heterocycles. The van der Waals surface area contributed by atoms with Gasteiger partial charge in [0, 0.05) is 31.8 Å². The van der Waals surface area contributed by atoms with Gasteiger partial charge < -0.3 is 14.2 Å².